The van der Waals surface area contributed by atoms with E-state index in [-0.39, 0.29) is 11.6 Å². The molecule has 3 heterocycles. The van der Waals surface area contributed by atoms with Crippen LogP contribution in [0.1, 0.15) is 16.1 Å². The first kappa shape index (κ1) is 16.4. The van der Waals surface area contributed by atoms with Crippen molar-refractivity contribution >= 4 is 28.8 Å². The summed E-state index contributed by atoms with van der Waals surface area (Å²) in [6, 6.07) is 11.6. The molecule has 0 aliphatic rings. The number of carbonyl (C=O) groups excluding carboxylic acids is 1. The molecule has 1 amide bonds. The fraction of sp³-hybridized carbons (Fsp3) is 0.105. The SMILES string of the molecule is Cc1ccn2cc(-c3ccc(NC(=O)c4nn(C)cc4Cl)cc3)nc2c1. The van der Waals surface area contributed by atoms with E-state index in [9.17, 15) is 4.79 Å². The van der Waals surface area contributed by atoms with Gasteiger partial charge in [0.05, 0.1) is 10.7 Å². The fourth-order valence-corrected chi connectivity index (χ4v) is 3.02. The third kappa shape index (κ3) is 3.07. The smallest absolute Gasteiger partial charge is 0.277 e. The summed E-state index contributed by atoms with van der Waals surface area (Å²) in [6.45, 7) is 2.04. The first-order valence-corrected chi connectivity index (χ1v) is 8.44. The van der Waals surface area contributed by atoms with E-state index in [0.717, 1.165) is 16.9 Å². The molecule has 0 bridgehead atoms. The number of anilines is 1. The van der Waals surface area contributed by atoms with Crippen molar-refractivity contribution in [3.8, 4) is 11.3 Å². The van der Waals surface area contributed by atoms with E-state index in [1.165, 1.54) is 10.2 Å². The Bertz CT molecular complexity index is 1110. The topological polar surface area (TPSA) is 64.2 Å². The summed E-state index contributed by atoms with van der Waals surface area (Å²) >= 11 is 6.01. The van der Waals surface area contributed by atoms with Crippen LogP contribution in [-0.2, 0) is 7.05 Å². The Labute approximate surface area is 155 Å². The van der Waals surface area contributed by atoms with Gasteiger partial charge < -0.3 is 9.72 Å². The van der Waals surface area contributed by atoms with Crippen molar-refractivity contribution in [1.29, 1.82) is 0 Å². The van der Waals surface area contributed by atoms with E-state index in [1.807, 2.05) is 60.1 Å². The van der Waals surface area contributed by atoms with E-state index >= 15 is 0 Å². The van der Waals surface area contributed by atoms with Gasteiger partial charge in [-0.05, 0) is 36.8 Å². The van der Waals surface area contributed by atoms with E-state index in [1.54, 1.807) is 13.2 Å². The Hall–Kier alpha value is -3.12. The number of amides is 1. The molecule has 6 nitrogen and oxygen atoms in total. The van der Waals surface area contributed by atoms with E-state index < -0.39 is 0 Å². The number of nitrogens with one attached hydrogen (secondary N) is 1. The summed E-state index contributed by atoms with van der Waals surface area (Å²) in [5, 5.41) is 7.18. The normalized spacial score (nSPS) is 11.0. The minimum absolute atomic E-state index is 0.203. The number of imidazole rings is 1. The molecule has 26 heavy (non-hydrogen) atoms. The minimum Gasteiger partial charge on any atom is -0.321 e. The number of pyridine rings is 1. The van der Waals surface area contributed by atoms with Crippen LogP contribution in [0.4, 0.5) is 5.69 Å². The highest BCUT2D eigenvalue weighted by Crippen LogP contribution is 2.22. The molecule has 1 N–H and O–H groups in total. The maximum atomic E-state index is 12.3. The number of hydrogen-bond acceptors (Lipinski definition) is 3. The van der Waals surface area contributed by atoms with Crippen molar-refractivity contribution in [1.82, 2.24) is 19.2 Å². The molecule has 130 valence electrons. The molecule has 0 radical (unpaired) electrons. The first-order chi connectivity index (χ1) is 12.5. The zero-order chi connectivity index (χ0) is 18.3. The average Bonchev–Trinajstić information content (AvgIpc) is 3.17. The van der Waals surface area contributed by atoms with Crippen molar-refractivity contribution in [3.63, 3.8) is 0 Å². The molecular weight excluding hydrogens is 350 g/mol. The Morgan fingerprint density at radius 3 is 2.62 bits per heavy atom. The summed E-state index contributed by atoms with van der Waals surface area (Å²) in [6.07, 6.45) is 5.56. The van der Waals surface area contributed by atoms with E-state index in [4.69, 9.17) is 11.6 Å². The van der Waals surface area contributed by atoms with Crippen LogP contribution in [0.5, 0.6) is 0 Å². The lowest BCUT2D eigenvalue weighted by molar-refractivity contribution is 0.102. The molecule has 0 aliphatic carbocycles. The van der Waals surface area contributed by atoms with Crippen molar-refractivity contribution in [2.24, 2.45) is 7.05 Å². The van der Waals surface area contributed by atoms with Gasteiger partial charge in [-0.3, -0.25) is 9.48 Å². The molecule has 0 atom stereocenters. The predicted octanol–water partition coefficient (Wildman–Crippen LogP) is 3.95. The van der Waals surface area contributed by atoms with Crippen LogP contribution in [-0.4, -0.2) is 25.1 Å². The maximum Gasteiger partial charge on any atom is 0.277 e. The van der Waals surface area contributed by atoms with Gasteiger partial charge in [0.2, 0.25) is 0 Å². The second-order valence-electron chi connectivity index (χ2n) is 6.13. The molecule has 0 spiro atoms. The average molecular weight is 366 g/mol. The maximum absolute atomic E-state index is 12.3. The molecular formula is C19H16ClN5O. The zero-order valence-corrected chi connectivity index (χ0v) is 15.0. The van der Waals surface area contributed by atoms with Gasteiger partial charge in [-0.25, -0.2) is 4.98 Å². The molecule has 1 aromatic carbocycles. The monoisotopic (exact) mass is 365 g/mol. The third-order valence-corrected chi connectivity index (χ3v) is 4.33. The summed E-state index contributed by atoms with van der Waals surface area (Å²) in [5.41, 5.74) is 4.79. The third-order valence-electron chi connectivity index (χ3n) is 4.05. The number of nitrogens with zero attached hydrogens (tertiary/aromatic N) is 4. The van der Waals surface area contributed by atoms with Crippen LogP contribution in [0.2, 0.25) is 5.02 Å². The highest BCUT2D eigenvalue weighted by molar-refractivity contribution is 6.34. The molecule has 4 rings (SSSR count). The number of benzene rings is 1. The molecule has 7 heteroatoms. The van der Waals surface area contributed by atoms with Gasteiger partial charge in [-0.15, -0.1) is 0 Å². The Morgan fingerprint density at radius 1 is 1.15 bits per heavy atom. The van der Waals surface area contributed by atoms with Crippen LogP contribution >= 0.6 is 11.6 Å². The lowest BCUT2D eigenvalue weighted by Gasteiger charge is -2.04. The molecule has 0 saturated carbocycles. The van der Waals surface area contributed by atoms with Crippen LogP contribution in [0.3, 0.4) is 0 Å². The lowest BCUT2D eigenvalue weighted by Crippen LogP contribution is -2.13. The number of aryl methyl sites for hydroxylation is 2. The zero-order valence-electron chi connectivity index (χ0n) is 14.3. The number of fused-ring (bicyclic) bond motifs is 1. The molecule has 4 aromatic rings. The van der Waals surface area contributed by atoms with Crippen LogP contribution in [0.25, 0.3) is 16.9 Å². The van der Waals surface area contributed by atoms with Gasteiger partial charge in [0.15, 0.2) is 5.69 Å². The summed E-state index contributed by atoms with van der Waals surface area (Å²) in [7, 11) is 1.72. The summed E-state index contributed by atoms with van der Waals surface area (Å²) in [5.74, 6) is -0.341. The lowest BCUT2D eigenvalue weighted by atomic mass is 10.1. The number of hydrogen-bond donors (Lipinski definition) is 1. The van der Waals surface area contributed by atoms with Gasteiger partial charge in [0.1, 0.15) is 5.65 Å². The van der Waals surface area contributed by atoms with Gasteiger partial charge >= 0.3 is 0 Å². The highest BCUT2D eigenvalue weighted by Gasteiger charge is 2.15. The molecule has 3 aromatic heterocycles. The van der Waals surface area contributed by atoms with Crippen molar-refractivity contribution in [3.05, 3.63) is 71.3 Å². The van der Waals surface area contributed by atoms with E-state index in [0.29, 0.717) is 10.7 Å². The number of rotatable bonds is 3. The van der Waals surface area contributed by atoms with Crippen LogP contribution < -0.4 is 5.32 Å². The second kappa shape index (κ2) is 6.31. The fourth-order valence-electron chi connectivity index (χ4n) is 2.75. The van der Waals surface area contributed by atoms with Gasteiger partial charge in [0, 0.05) is 36.9 Å². The van der Waals surface area contributed by atoms with Gasteiger partial charge in [0.25, 0.3) is 5.91 Å². The summed E-state index contributed by atoms with van der Waals surface area (Å²) < 4.78 is 3.49. The molecule has 0 unspecified atom stereocenters. The molecule has 0 aliphatic heterocycles. The minimum atomic E-state index is -0.341. The Kier molecular flexibility index (Phi) is 3.97. The summed E-state index contributed by atoms with van der Waals surface area (Å²) in [4.78, 5) is 16.9. The van der Waals surface area contributed by atoms with Crippen molar-refractivity contribution in [2.75, 3.05) is 5.32 Å². The van der Waals surface area contributed by atoms with Gasteiger partial charge in [-0.1, -0.05) is 23.7 Å². The Morgan fingerprint density at radius 2 is 1.92 bits per heavy atom. The van der Waals surface area contributed by atoms with Crippen molar-refractivity contribution in [2.45, 2.75) is 6.92 Å². The van der Waals surface area contributed by atoms with E-state index in [2.05, 4.69) is 15.4 Å². The van der Waals surface area contributed by atoms with Gasteiger partial charge in [-0.2, -0.15) is 5.10 Å². The predicted molar refractivity (Wildman–Crippen MR) is 102 cm³/mol. The second-order valence-corrected chi connectivity index (χ2v) is 6.53. The van der Waals surface area contributed by atoms with Crippen LogP contribution in [0, 0.1) is 6.92 Å². The quantitative estimate of drug-likeness (QED) is 0.598. The molecule has 0 fully saturated rings. The van der Waals surface area contributed by atoms with Crippen molar-refractivity contribution < 1.29 is 4.79 Å². The first-order valence-electron chi connectivity index (χ1n) is 8.06. The standard InChI is InChI=1S/C19H16ClN5O/c1-12-7-8-25-11-16(22-17(25)9-12)13-3-5-14(6-4-13)21-19(26)18-15(20)10-24(2)23-18/h3-11H,1-2H3,(H,21,26). The number of carbonyl (C=O) groups is 1. The number of aromatic nitrogens is 4. The molecule has 0 saturated heterocycles. The van der Waals surface area contributed by atoms with Crippen LogP contribution in [0.15, 0.2) is 55.0 Å². The highest BCUT2D eigenvalue weighted by atomic mass is 35.5. The largest absolute Gasteiger partial charge is 0.321 e. The number of halogens is 1. The Balaban J connectivity index is 1.56.